The van der Waals surface area contributed by atoms with Crippen LogP contribution >= 0.6 is 0 Å². The van der Waals surface area contributed by atoms with E-state index in [0.29, 0.717) is 18.7 Å². The summed E-state index contributed by atoms with van der Waals surface area (Å²) in [5.41, 5.74) is 0.659. The van der Waals surface area contributed by atoms with E-state index in [2.05, 4.69) is 15.7 Å². The minimum atomic E-state index is -3.77. The minimum absolute atomic E-state index is 0.0203. The second kappa shape index (κ2) is 8.13. The number of nitrogens with two attached hydrogens (primary N) is 1. The number of carbonyl (C=O) groups excluding carboxylic acids is 1. The van der Waals surface area contributed by atoms with Crippen molar-refractivity contribution in [3.63, 3.8) is 0 Å². The van der Waals surface area contributed by atoms with Gasteiger partial charge in [0.15, 0.2) is 0 Å². The van der Waals surface area contributed by atoms with Crippen LogP contribution in [-0.2, 0) is 16.6 Å². The average Bonchev–Trinajstić information content (AvgIpc) is 3.05. The molecule has 2 atom stereocenters. The summed E-state index contributed by atoms with van der Waals surface area (Å²) >= 11 is 0. The minimum Gasteiger partial charge on any atom is -0.338 e. The number of hydrogen-bond acceptors (Lipinski definition) is 4. The van der Waals surface area contributed by atoms with Crippen LogP contribution in [0, 0.1) is 5.92 Å². The lowest BCUT2D eigenvalue weighted by molar-refractivity contribution is 0.235. The van der Waals surface area contributed by atoms with Crippen molar-refractivity contribution in [2.45, 2.75) is 31.3 Å². The molecular formula is C16H23N5O3S. The molecule has 1 heterocycles. The van der Waals surface area contributed by atoms with Gasteiger partial charge in [-0.2, -0.15) is 5.10 Å². The van der Waals surface area contributed by atoms with Gasteiger partial charge in [-0.3, -0.25) is 4.68 Å². The van der Waals surface area contributed by atoms with Gasteiger partial charge in [0.1, 0.15) is 0 Å². The van der Waals surface area contributed by atoms with Crippen LogP contribution < -0.4 is 15.8 Å². The van der Waals surface area contributed by atoms with Gasteiger partial charge in [0.05, 0.1) is 10.9 Å². The third kappa shape index (κ3) is 5.87. The number of amides is 2. The maximum atomic E-state index is 12.0. The molecule has 9 heteroatoms. The molecule has 0 aliphatic heterocycles. The summed E-state index contributed by atoms with van der Waals surface area (Å²) in [6.07, 6.45) is 3.58. The third-order valence-corrected chi connectivity index (χ3v) is 4.61. The van der Waals surface area contributed by atoms with Crippen molar-refractivity contribution < 1.29 is 13.2 Å². The van der Waals surface area contributed by atoms with Gasteiger partial charge in [0, 0.05) is 25.5 Å². The highest BCUT2D eigenvalue weighted by Gasteiger charge is 2.14. The van der Waals surface area contributed by atoms with Crippen molar-refractivity contribution in [1.82, 2.24) is 20.4 Å². The lowest BCUT2D eigenvalue weighted by Crippen LogP contribution is -2.39. The molecule has 0 aliphatic rings. The van der Waals surface area contributed by atoms with Gasteiger partial charge >= 0.3 is 6.03 Å². The largest absolute Gasteiger partial charge is 0.338 e. The normalized spacial score (nSPS) is 13.9. The summed E-state index contributed by atoms with van der Waals surface area (Å²) < 4.78 is 24.6. The number of primary sulfonamides is 1. The van der Waals surface area contributed by atoms with E-state index in [9.17, 15) is 13.2 Å². The van der Waals surface area contributed by atoms with E-state index in [1.54, 1.807) is 25.3 Å². The van der Waals surface area contributed by atoms with E-state index >= 15 is 0 Å². The van der Waals surface area contributed by atoms with Crippen LogP contribution in [0.3, 0.4) is 0 Å². The van der Waals surface area contributed by atoms with E-state index in [1.807, 2.05) is 23.9 Å². The fourth-order valence-corrected chi connectivity index (χ4v) is 2.92. The first-order valence-corrected chi connectivity index (χ1v) is 9.45. The second-order valence-electron chi connectivity index (χ2n) is 6.03. The summed E-state index contributed by atoms with van der Waals surface area (Å²) in [5.74, 6) is 0.215. The molecule has 25 heavy (non-hydrogen) atoms. The molecule has 0 aliphatic carbocycles. The molecule has 136 valence electrons. The molecule has 2 aromatic rings. The fraction of sp³-hybridized carbons (Fsp3) is 0.375. The molecule has 0 saturated heterocycles. The zero-order valence-corrected chi connectivity index (χ0v) is 15.0. The van der Waals surface area contributed by atoms with Crippen molar-refractivity contribution in [3.05, 3.63) is 48.3 Å². The molecule has 0 spiro atoms. The van der Waals surface area contributed by atoms with Crippen LogP contribution in [-0.4, -0.2) is 30.8 Å². The number of nitrogens with zero attached hydrogens (tertiary/aromatic N) is 2. The average molecular weight is 365 g/mol. The molecule has 1 aromatic carbocycles. The molecule has 0 radical (unpaired) electrons. The van der Waals surface area contributed by atoms with Crippen LogP contribution in [0.25, 0.3) is 0 Å². The lowest BCUT2D eigenvalue weighted by Gasteiger charge is -2.17. The predicted octanol–water partition coefficient (Wildman–Crippen LogP) is 1.23. The number of sulfonamides is 1. The van der Waals surface area contributed by atoms with E-state index in [0.717, 1.165) is 0 Å². The zero-order valence-electron chi connectivity index (χ0n) is 14.2. The maximum absolute atomic E-state index is 12.0. The molecule has 8 nitrogen and oxygen atoms in total. The van der Waals surface area contributed by atoms with Gasteiger partial charge in [-0.15, -0.1) is 0 Å². The van der Waals surface area contributed by atoms with Gasteiger partial charge in [-0.05, 0) is 36.6 Å². The molecule has 0 bridgehead atoms. The second-order valence-corrected chi connectivity index (χ2v) is 7.59. The lowest BCUT2D eigenvalue weighted by atomic mass is 10.1. The molecule has 2 rings (SSSR count). The summed E-state index contributed by atoms with van der Waals surface area (Å²) in [4.78, 5) is 12.0. The molecule has 2 unspecified atom stereocenters. The van der Waals surface area contributed by atoms with Gasteiger partial charge in [0.25, 0.3) is 0 Å². The first-order valence-electron chi connectivity index (χ1n) is 7.90. The fourth-order valence-electron chi connectivity index (χ4n) is 2.35. The highest BCUT2D eigenvalue weighted by atomic mass is 32.2. The first kappa shape index (κ1) is 18.9. The van der Waals surface area contributed by atoms with Gasteiger partial charge in [-0.1, -0.05) is 19.1 Å². The Hall–Kier alpha value is -2.39. The highest BCUT2D eigenvalue weighted by Crippen LogP contribution is 2.16. The van der Waals surface area contributed by atoms with E-state index in [-0.39, 0.29) is 22.9 Å². The predicted molar refractivity (Wildman–Crippen MR) is 94.2 cm³/mol. The summed E-state index contributed by atoms with van der Waals surface area (Å²) in [7, 11) is -3.77. The van der Waals surface area contributed by atoms with Crippen molar-refractivity contribution in [2.75, 3.05) is 6.54 Å². The number of hydrogen-bond donors (Lipinski definition) is 3. The van der Waals surface area contributed by atoms with E-state index < -0.39 is 10.0 Å². The Bertz CT molecular complexity index is 805. The smallest absolute Gasteiger partial charge is 0.315 e. The van der Waals surface area contributed by atoms with Gasteiger partial charge in [-0.25, -0.2) is 18.4 Å². The van der Waals surface area contributed by atoms with Crippen LogP contribution in [0.5, 0.6) is 0 Å². The SMILES string of the molecule is CC(CNC(=O)NC(C)c1cccc(S(N)(=O)=O)c1)Cn1cccn1. The Morgan fingerprint density at radius 1 is 1.32 bits per heavy atom. The van der Waals surface area contributed by atoms with Crippen molar-refractivity contribution in [1.29, 1.82) is 0 Å². The Balaban J connectivity index is 1.85. The quantitative estimate of drug-likeness (QED) is 0.683. The van der Waals surface area contributed by atoms with E-state index in [4.69, 9.17) is 5.14 Å². The van der Waals surface area contributed by atoms with Crippen LogP contribution in [0.2, 0.25) is 0 Å². The molecule has 2 amide bonds. The Morgan fingerprint density at radius 3 is 2.72 bits per heavy atom. The molecule has 1 aromatic heterocycles. The molecule has 4 N–H and O–H groups in total. The van der Waals surface area contributed by atoms with Crippen LogP contribution in [0.15, 0.2) is 47.6 Å². The highest BCUT2D eigenvalue weighted by molar-refractivity contribution is 7.89. The molecule has 0 saturated carbocycles. The van der Waals surface area contributed by atoms with Crippen molar-refractivity contribution >= 4 is 16.1 Å². The first-order chi connectivity index (χ1) is 11.8. The van der Waals surface area contributed by atoms with Gasteiger partial charge < -0.3 is 10.6 Å². The van der Waals surface area contributed by atoms with Crippen LogP contribution in [0.1, 0.15) is 25.5 Å². The zero-order chi connectivity index (χ0) is 18.4. The Labute approximate surface area is 147 Å². The number of urea groups is 1. The number of nitrogens with one attached hydrogen (secondary N) is 2. The number of benzene rings is 1. The summed E-state index contributed by atoms with van der Waals surface area (Å²) in [6, 6.07) is 7.38. The summed E-state index contributed by atoms with van der Waals surface area (Å²) in [5, 5.41) is 14.8. The standard InChI is InChI=1S/C16H23N5O3S/c1-12(11-21-8-4-7-19-21)10-18-16(22)20-13(2)14-5-3-6-15(9-14)25(17,23)24/h3-9,12-13H,10-11H2,1-2H3,(H2,17,23,24)(H2,18,20,22). The monoisotopic (exact) mass is 365 g/mol. The maximum Gasteiger partial charge on any atom is 0.315 e. The number of carbonyl (C=O) groups is 1. The van der Waals surface area contributed by atoms with Crippen LogP contribution in [0.4, 0.5) is 4.79 Å². The Morgan fingerprint density at radius 2 is 2.08 bits per heavy atom. The number of rotatable bonds is 7. The third-order valence-electron chi connectivity index (χ3n) is 3.70. The summed E-state index contributed by atoms with van der Waals surface area (Å²) in [6.45, 7) is 4.99. The molecular weight excluding hydrogens is 342 g/mol. The van der Waals surface area contributed by atoms with E-state index in [1.165, 1.54) is 12.1 Å². The van der Waals surface area contributed by atoms with Gasteiger partial charge in [0.2, 0.25) is 10.0 Å². The topological polar surface area (TPSA) is 119 Å². The number of aromatic nitrogens is 2. The molecule has 0 fully saturated rings. The van der Waals surface area contributed by atoms with Crippen molar-refractivity contribution in [3.8, 4) is 0 Å². The van der Waals surface area contributed by atoms with Crippen molar-refractivity contribution in [2.24, 2.45) is 11.1 Å². The Kier molecular flexibility index (Phi) is 6.16.